The van der Waals surface area contributed by atoms with Crippen molar-refractivity contribution in [1.29, 1.82) is 0 Å². The lowest BCUT2D eigenvalue weighted by molar-refractivity contribution is -0.141. The molecule has 2 atom stereocenters. The normalized spacial score (nSPS) is 39.2. The van der Waals surface area contributed by atoms with Crippen molar-refractivity contribution in [2.45, 2.75) is 103 Å². The van der Waals surface area contributed by atoms with Gasteiger partial charge in [-0.25, -0.2) is 0 Å². The van der Waals surface area contributed by atoms with Crippen LogP contribution in [0, 0.1) is 16.7 Å². The quantitative estimate of drug-likeness (QED) is 0.304. The summed E-state index contributed by atoms with van der Waals surface area (Å²) in [6, 6.07) is 0. The van der Waals surface area contributed by atoms with Crippen LogP contribution in [0.5, 0.6) is 0 Å². The summed E-state index contributed by atoms with van der Waals surface area (Å²) in [5.74, 6) is 0.768. The van der Waals surface area contributed by atoms with Crippen LogP contribution in [-0.4, -0.2) is 24.3 Å². The summed E-state index contributed by atoms with van der Waals surface area (Å²) in [7, 11) is 0. The number of carbonyl (C=O) groups is 1. The Bertz CT molecular complexity index is 494. The summed E-state index contributed by atoms with van der Waals surface area (Å²) in [5, 5.41) is 0. The Kier molecular flexibility index (Phi) is 5.60. The smallest absolute Gasteiger partial charge is 0.302 e. The van der Waals surface area contributed by atoms with Gasteiger partial charge in [-0.1, -0.05) is 33.1 Å². The molecule has 4 fully saturated rings. The average Bonchev–Trinajstić information content (AvgIpc) is 2.45. The number of nitrogens with zero attached hydrogens (tertiary/aromatic N) is 1. The Morgan fingerprint density at radius 3 is 2.28 bits per heavy atom. The van der Waals surface area contributed by atoms with E-state index in [9.17, 15) is 4.79 Å². The standard InChI is InChI=1S/C22H37NO2/c1-18(24)25-11-9-7-5-4-6-8-10-23-22-14-19-12-20(2,16-22)15-21(3,13-19)17-22/h10,19H,4-9,11-17H2,1-3H3. The summed E-state index contributed by atoms with van der Waals surface area (Å²) in [6.07, 6.45) is 17.6. The second-order valence-electron chi connectivity index (χ2n) is 10.1. The van der Waals surface area contributed by atoms with Crippen molar-refractivity contribution >= 4 is 12.2 Å². The second-order valence-corrected chi connectivity index (χ2v) is 10.1. The van der Waals surface area contributed by atoms with E-state index < -0.39 is 0 Å². The molecule has 3 nitrogen and oxygen atoms in total. The van der Waals surface area contributed by atoms with E-state index in [1.54, 1.807) is 0 Å². The average molecular weight is 348 g/mol. The number of ether oxygens (including phenoxy) is 1. The molecule has 0 aromatic carbocycles. The van der Waals surface area contributed by atoms with E-state index in [2.05, 4.69) is 20.1 Å². The van der Waals surface area contributed by atoms with Gasteiger partial charge in [-0.2, -0.15) is 0 Å². The van der Waals surface area contributed by atoms with E-state index >= 15 is 0 Å². The minimum absolute atomic E-state index is 0.163. The molecular weight excluding hydrogens is 310 g/mol. The van der Waals surface area contributed by atoms with Crippen LogP contribution in [0.3, 0.4) is 0 Å². The van der Waals surface area contributed by atoms with Gasteiger partial charge in [0, 0.05) is 6.92 Å². The number of unbranched alkanes of at least 4 members (excludes halogenated alkanes) is 5. The number of esters is 1. The molecule has 0 aromatic rings. The van der Waals surface area contributed by atoms with Crippen LogP contribution < -0.4 is 0 Å². The highest BCUT2D eigenvalue weighted by Crippen LogP contribution is 2.67. The van der Waals surface area contributed by atoms with Crippen molar-refractivity contribution < 1.29 is 9.53 Å². The Morgan fingerprint density at radius 2 is 1.64 bits per heavy atom. The fraction of sp³-hybridized carbons (Fsp3) is 0.909. The second kappa shape index (κ2) is 7.40. The summed E-state index contributed by atoms with van der Waals surface area (Å²) in [6.45, 7) is 7.10. The van der Waals surface area contributed by atoms with Crippen LogP contribution in [0.4, 0.5) is 0 Å². The highest BCUT2D eigenvalue weighted by molar-refractivity contribution is 5.65. The van der Waals surface area contributed by atoms with Gasteiger partial charge in [-0.15, -0.1) is 0 Å². The maximum absolute atomic E-state index is 10.7. The topological polar surface area (TPSA) is 38.7 Å². The molecule has 0 N–H and O–H groups in total. The van der Waals surface area contributed by atoms with Crippen molar-refractivity contribution in [3.63, 3.8) is 0 Å². The monoisotopic (exact) mass is 347 g/mol. The van der Waals surface area contributed by atoms with E-state index in [1.165, 1.54) is 64.7 Å². The van der Waals surface area contributed by atoms with Crippen LogP contribution in [0.15, 0.2) is 4.99 Å². The van der Waals surface area contributed by atoms with Gasteiger partial charge in [0.1, 0.15) is 0 Å². The maximum atomic E-state index is 10.7. The molecule has 142 valence electrons. The third kappa shape index (κ3) is 4.86. The van der Waals surface area contributed by atoms with Crippen LogP contribution in [-0.2, 0) is 9.53 Å². The third-order valence-corrected chi connectivity index (χ3v) is 6.74. The molecule has 4 saturated carbocycles. The van der Waals surface area contributed by atoms with Crippen LogP contribution >= 0.6 is 0 Å². The summed E-state index contributed by atoms with van der Waals surface area (Å²) in [4.78, 5) is 15.9. The van der Waals surface area contributed by atoms with E-state index in [4.69, 9.17) is 9.73 Å². The molecule has 0 aliphatic heterocycles. The van der Waals surface area contributed by atoms with Gasteiger partial charge in [0.2, 0.25) is 0 Å². The number of aliphatic imine (C=N–C) groups is 1. The molecule has 3 heteroatoms. The predicted molar refractivity (Wildman–Crippen MR) is 103 cm³/mol. The van der Waals surface area contributed by atoms with Gasteiger partial charge in [-0.3, -0.25) is 9.79 Å². The molecule has 0 radical (unpaired) electrons. The molecule has 4 rings (SSSR count). The van der Waals surface area contributed by atoms with E-state index in [1.807, 2.05) is 0 Å². The first-order valence-corrected chi connectivity index (χ1v) is 10.5. The van der Waals surface area contributed by atoms with Crippen molar-refractivity contribution in [3.8, 4) is 0 Å². The molecule has 4 aliphatic carbocycles. The minimum atomic E-state index is -0.163. The fourth-order valence-electron chi connectivity index (χ4n) is 6.87. The molecule has 2 unspecified atom stereocenters. The maximum Gasteiger partial charge on any atom is 0.302 e. The highest BCUT2D eigenvalue weighted by Gasteiger charge is 2.59. The summed E-state index contributed by atoms with van der Waals surface area (Å²) < 4.78 is 4.96. The first-order valence-electron chi connectivity index (χ1n) is 10.5. The van der Waals surface area contributed by atoms with Crippen LogP contribution in [0.2, 0.25) is 0 Å². The number of hydrogen-bond donors (Lipinski definition) is 0. The Labute approximate surface area is 154 Å². The Balaban J connectivity index is 1.35. The first-order chi connectivity index (χ1) is 11.8. The van der Waals surface area contributed by atoms with Crippen molar-refractivity contribution in [2.24, 2.45) is 21.7 Å². The lowest BCUT2D eigenvalue weighted by Crippen LogP contribution is -2.57. The van der Waals surface area contributed by atoms with Gasteiger partial charge in [0.25, 0.3) is 0 Å². The molecular formula is C22H37NO2. The van der Waals surface area contributed by atoms with Gasteiger partial charge in [0.15, 0.2) is 0 Å². The lowest BCUT2D eigenvalue weighted by atomic mass is 9.43. The molecule has 25 heavy (non-hydrogen) atoms. The molecule has 4 aliphatic rings. The summed E-state index contributed by atoms with van der Waals surface area (Å²) >= 11 is 0. The van der Waals surface area contributed by atoms with Crippen LogP contribution in [0.25, 0.3) is 0 Å². The van der Waals surface area contributed by atoms with E-state index in [-0.39, 0.29) is 11.5 Å². The van der Waals surface area contributed by atoms with Gasteiger partial charge < -0.3 is 4.74 Å². The zero-order valence-electron chi connectivity index (χ0n) is 16.6. The Hall–Kier alpha value is -0.860. The van der Waals surface area contributed by atoms with E-state index in [0.29, 0.717) is 17.4 Å². The lowest BCUT2D eigenvalue weighted by Gasteiger charge is -2.64. The molecule has 0 amide bonds. The van der Waals surface area contributed by atoms with Crippen molar-refractivity contribution in [3.05, 3.63) is 0 Å². The predicted octanol–water partition coefficient (Wildman–Crippen LogP) is 5.71. The molecule has 0 aromatic heterocycles. The van der Waals surface area contributed by atoms with Crippen LogP contribution in [0.1, 0.15) is 97.8 Å². The number of hydrogen-bond acceptors (Lipinski definition) is 3. The fourth-order valence-corrected chi connectivity index (χ4v) is 6.87. The zero-order chi connectivity index (χ0) is 18.0. The van der Waals surface area contributed by atoms with Crippen molar-refractivity contribution in [2.75, 3.05) is 6.61 Å². The molecule has 0 heterocycles. The van der Waals surface area contributed by atoms with E-state index in [0.717, 1.165) is 25.2 Å². The van der Waals surface area contributed by atoms with Gasteiger partial charge in [-0.05, 0) is 80.7 Å². The van der Waals surface area contributed by atoms with Gasteiger partial charge >= 0.3 is 5.97 Å². The van der Waals surface area contributed by atoms with Gasteiger partial charge in [0.05, 0.1) is 12.1 Å². The molecule has 0 spiro atoms. The first kappa shape index (κ1) is 18.9. The third-order valence-electron chi connectivity index (χ3n) is 6.74. The molecule has 4 bridgehead atoms. The Morgan fingerprint density at radius 1 is 1.00 bits per heavy atom. The van der Waals surface area contributed by atoms with Crippen molar-refractivity contribution in [1.82, 2.24) is 0 Å². The largest absolute Gasteiger partial charge is 0.466 e. The number of carbonyl (C=O) groups excluding carboxylic acids is 1. The highest BCUT2D eigenvalue weighted by atomic mass is 16.5. The number of rotatable bonds is 9. The minimum Gasteiger partial charge on any atom is -0.466 e. The SMILES string of the molecule is CC(=O)OCCCCCCCC=NC12CC3CC(C)(CC(C)(C3)C1)C2. The zero-order valence-corrected chi connectivity index (χ0v) is 16.6. The molecule has 0 saturated heterocycles. The summed E-state index contributed by atoms with van der Waals surface area (Å²) in [5.41, 5.74) is 1.41.